The average Bonchev–Trinajstić information content (AvgIpc) is 2.73. The molecule has 0 spiro atoms. The summed E-state index contributed by atoms with van der Waals surface area (Å²) in [6, 6.07) is 4.82. The molecule has 0 saturated carbocycles. The molecule has 1 fully saturated rings. The zero-order chi connectivity index (χ0) is 14.0. The number of carboxylic acid groups (broad SMARTS) is 1. The molecule has 0 aliphatic carbocycles. The average molecular weight is 262 g/mol. The summed E-state index contributed by atoms with van der Waals surface area (Å²) in [6.07, 6.45) is 0.404. The topological polar surface area (TPSA) is 81.4 Å². The van der Waals surface area contributed by atoms with E-state index in [0.29, 0.717) is 0 Å². The van der Waals surface area contributed by atoms with E-state index in [1.54, 1.807) is 0 Å². The van der Waals surface area contributed by atoms with E-state index in [4.69, 9.17) is 10.4 Å². The van der Waals surface area contributed by atoms with E-state index in [1.807, 2.05) is 6.07 Å². The summed E-state index contributed by atoms with van der Waals surface area (Å²) in [5, 5.41) is 17.6. The van der Waals surface area contributed by atoms with E-state index >= 15 is 0 Å². The fourth-order valence-corrected chi connectivity index (χ4v) is 2.12. The van der Waals surface area contributed by atoms with E-state index in [0.717, 1.165) is 11.0 Å². The standard InChI is InChI=1S/C13H11FN2O3/c14-10-5-8(6-15)1-2-9(10)7-16-11(13(18)19)3-4-12(16)17/h1-2,5,11H,3-4,7H2,(H,18,19). The number of nitriles is 1. The predicted molar refractivity (Wildman–Crippen MR) is 62.3 cm³/mol. The van der Waals surface area contributed by atoms with Gasteiger partial charge in [0.05, 0.1) is 11.6 Å². The highest BCUT2D eigenvalue weighted by atomic mass is 19.1. The highest BCUT2D eigenvalue weighted by molar-refractivity contribution is 5.87. The highest BCUT2D eigenvalue weighted by Gasteiger charge is 2.36. The summed E-state index contributed by atoms with van der Waals surface area (Å²) < 4.78 is 13.7. The number of carbonyl (C=O) groups is 2. The van der Waals surface area contributed by atoms with Crippen LogP contribution < -0.4 is 0 Å². The van der Waals surface area contributed by atoms with Crippen LogP contribution in [0.3, 0.4) is 0 Å². The van der Waals surface area contributed by atoms with Crippen molar-refractivity contribution in [1.29, 1.82) is 5.26 Å². The molecule has 6 heteroatoms. The zero-order valence-corrected chi connectivity index (χ0v) is 9.97. The zero-order valence-electron chi connectivity index (χ0n) is 9.97. The molecule has 1 heterocycles. The molecule has 1 unspecified atom stereocenters. The SMILES string of the molecule is N#Cc1ccc(CN2C(=O)CCC2C(=O)O)c(F)c1. The fraction of sp³-hybridized carbons (Fsp3) is 0.308. The Bertz CT molecular complexity index is 580. The third-order valence-corrected chi connectivity index (χ3v) is 3.14. The van der Waals surface area contributed by atoms with Crippen LogP contribution in [0.25, 0.3) is 0 Å². The maximum Gasteiger partial charge on any atom is 0.326 e. The van der Waals surface area contributed by atoms with Crippen LogP contribution in [0.4, 0.5) is 4.39 Å². The molecule has 5 nitrogen and oxygen atoms in total. The molecule has 19 heavy (non-hydrogen) atoms. The van der Waals surface area contributed by atoms with Gasteiger partial charge in [0.2, 0.25) is 5.91 Å². The minimum atomic E-state index is -1.08. The molecular formula is C13H11FN2O3. The smallest absolute Gasteiger partial charge is 0.326 e. The highest BCUT2D eigenvalue weighted by Crippen LogP contribution is 2.23. The monoisotopic (exact) mass is 262 g/mol. The normalized spacial score (nSPS) is 18.4. The van der Waals surface area contributed by atoms with Crippen molar-refractivity contribution in [2.75, 3.05) is 0 Å². The van der Waals surface area contributed by atoms with Gasteiger partial charge >= 0.3 is 5.97 Å². The molecule has 1 atom stereocenters. The summed E-state index contributed by atoms with van der Waals surface area (Å²) in [7, 11) is 0. The van der Waals surface area contributed by atoms with Gasteiger partial charge in [0, 0.05) is 18.5 Å². The lowest BCUT2D eigenvalue weighted by Gasteiger charge is -2.21. The summed E-state index contributed by atoms with van der Waals surface area (Å²) in [6.45, 7) is -0.0899. The van der Waals surface area contributed by atoms with Crippen LogP contribution in [-0.2, 0) is 16.1 Å². The maximum absolute atomic E-state index is 13.7. The lowest BCUT2D eigenvalue weighted by atomic mass is 10.1. The third-order valence-electron chi connectivity index (χ3n) is 3.14. The van der Waals surface area contributed by atoms with Crippen LogP contribution in [-0.4, -0.2) is 27.9 Å². The number of hydrogen-bond acceptors (Lipinski definition) is 3. The molecule has 0 aromatic heterocycles. The van der Waals surface area contributed by atoms with Gasteiger partial charge in [-0.15, -0.1) is 0 Å². The van der Waals surface area contributed by atoms with Gasteiger partial charge in [0.1, 0.15) is 11.9 Å². The van der Waals surface area contributed by atoms with Gasteiger partial charge in [-0.1, -0.05) is 6.07 Å². The summed E-state index contributed by atoms with van der Waals surface area (Å²) >= 11 is 0. The van der Waals surface area contributed by atoms with Crippen molar-refractivity contribution >= 4 is 11.9 Å². The first-order valence-electron chi connectivity index (χ1n) is 5.73. The molecule has 1 aliphatic rings. The molecule has 98 valence electrons. The Kier molecular flexibility index (Phi) is 3.47. The van der Waals surface area contributed by atoms with Gasteiger partial charge in [-0.2, -0.15) is 5.26 Å². The van der Waals surface area contributed by atoms with Crippen molar-refractivity contribution in [1.82, 2.24) is 4.90 Å². The number of halogens is 1. The first-order chi connectivity index (χ1) is 9.02. The Labute approximate surface area is 108 Å². The minimum absolute atomic E-state index is 0.0899. The molecule has 1 N–H and O–H groups in total. The second-order valence-corrected chi connectivity index (χ2v) is 4.33. The number of likely N-dealkylation sites (tertiary alicyclic amines) is 1. The van der Waals surface area contributed by atoms with E-state index in [2.05, 4.69) is 0 Å². The Morgan fingerprint density at radius 2 is 2.32 bits per heavy atom. The van der Waals surface area contributed by atoms with Crippen LogP contribution >= 0.6 is 0 Å². The number of carbonyl (C=O) groups excluding carboxylic acids is 1. The number of hydrogen-bond donors (Lipinski definition) is 1. The predicted octanol–water partition coefficient (Wildman–Crippen LogP) is 1.27. The van der Waals surface area contributed by atoms with Crippen molar-refractivity contribution < 1.29 is 19.1 Å². The van der Waals surface area contributed by atoms with Crippen molar-refractivity contribution in [3.05, 3.63) is 35.1 Å². The first kappa shape index (κ1) is 13.0. The number of rotatable bonds is 3. The Hall–Kier alpha value is -2.42. The lowest BCUT2D eigenvalue weighted by Crippen LogP contribution is -2.38. The molecule has 0 radical (unpaired) electrons. The second-order valence-electron chi connectivity index (χ2n) is 4.33. The Balaban J connectivity index is 2.23. The number of amides is 1. The van der Waals surface area contributed by atoms with Crippen molar-refractivity contribution in [2.24, 2.45) is 0 Å². The number of carboxylic acids is 1. The van der Waals surface area contributed by atoms with Gasteiger partial charge in [-0.25, -0.2) is 9.18 Å². The van der Waals surface area contributed by atoms with Crippen LogP contribution in [0.5, 0.6) is 0 Å². The van der Waals surface area contributed by atoms with E-state index in [1.165, 1.54) is 12.1 Å². The summed E-state index contributed by atoms with van der Waals surface area (Å²) in [4.78, 5) is 23.8. The van der Waals surface area contributed by atoms with Gasteiger partial charge < -0.3 is 10.0 Å². The molecule has 1 aromatic carbocycles. The van der Waals surface area contributed by atoms with Crippen molar-refractivity contribution in [3.63, 3.8) is 0 Å². The molecule has 2 rings (SSSR count). The van der Waals surface area contributed by atoms with Gasteiger partial charge in [-0.05, 0) is 18.6 Å². The van der Waals surface area contributed by atoms with Gasteiger partial charge in [-0.3, -0.25) is 4.79 Å². The van der Waals surface area contributed by atoms with E-state index < -0.39 is 17.8 Å². The molecule has 0 bridgehead atoms. The summed E-state index contributed by atoms with van der Waals surface area (Å²) in [5.74, 6) is -1.99. The van der Waals surface area contributed by atoms with Crippen LogP contribution in [0.1, 0.15) is 24.0 Å². The molecule has 1 aliphatic heterocycles. The lowest BCUT2D eigenvalue weighted by molar-refractivity contribution is -0.146. The molecule has 1 aromatic rings. The number of aliphatic carboxylic acids is 1. The van der Waals surface area contributed by atoms with Crippen LogP contribution in [0, 0.1) is 17.1 Å². The first-order valence-corrected chi connectivity index (χ1v) is 5.73. The van der Waals surface area contributed by atoms with Crippen LogP contribution in [0.2, 0.25) is 0 Å². The Morgan fingerprint density at radius 1 is 1.58 bits per heavy atom. The molecule has 1 amide bonds. The number of nitrogens with zero attached hydrogens (tertiary/aromatic N) is 2. The van der Waals surface area contributed by atoms with E-state index in [-0.39, 0.29) is 36.4 Å². The largest absolute Gasteiger partial charge is 0.480 e. The summed E-state index contributed by atoms with van der Waals surface area (Å²) in [5.41, 5.74) is 0.393. The van der Waals surface area contributed by atoms with Crippen LogP contribution in [0.15, 0.2) is 18.2 Å². The second kappa shape index (κ2) is 5.06. The molecular weight excluding hydrogens is 251 g/mol. The quantitative estimate of drug-likeness (QED) is 0.889. The fourth-order valence-electron chi connectivity index (χ4n) is 2.12. The maximum atomic E-state index is 13.7. The van der Waals surface area contributed by atoms with E-state index in [9.17, 15) is 14.0 Å². The third kappa shape index (κ3) is 2.55. The minimum Gasteiger partial charge on any atom is -0.480 e. The van der Waals surface area contributed by atoms with Gasteiger partial charge in [0.15, 0.2) is 0 Å². The molecule has 1 saturated heterocycles. The Morgan fingerprint density at radius 3 is 2.89 bits per heavy atom. The number of benzene rings is 1. The van der Waals surface area contributed by atoms with Crippen molar-refractivity contribution in [3.8, 4) is 6.07 Å². The van der Waals surface area contributed by atoms with Crippen molar-refractivity contribution in [2.45, 2.75) is 25.4 Å². The van der Waals surface area contributed by atoms with Gasteiger partial charge in [0.25, 0.3) is 0 Å².